The van der Waals surface area contributed by atoms with Gasteiger partial charge in [-0.2, -0.15) is 0 Å². The molecule has 1 aliphatic carbocycles. The van der Waals surface area contributed by atoms with Crippen LogP contribution < -0.4 is 10.9 Å². The second-order valence-electron chi connectivity index (χ2n) is 9.74. The van der Waals surface area contributed by atoms with Crippen molar-refractivity contribution in [2.24, 2.45) is 0 Å². The third kappa shape index (κ3) is 4.87. The Morgan fingerprint density at radius 1 is 0.781 bits per heavy atom. The predicted molar refractivity (Wildman–Crippen MR) is 137 cm³/mol. The van der Waals surface area contributed by atoms with Crippen molar-refractivity contribution >= 4 is 25.9 Å². The Balaban J connectivity index is 1.75. The molecule has 0 aromatic heterocycles. The molecule has 2 radical (unpaired) electrons. The molecule has 168 valence electrons. The van der Waals surface area contributed by atoms with Gasteiger partial charge in [0.2, 0.25) is 0 Å². The Morgan fingerprint density at radius 2 is 1.38 bits per heavy atom. The fourth-order valence-corrected chi connectivity index (χ4v) is 5.73. The first kappa shape index (κ1) is 23.6. The molecule has 1 aliphatic heterocycles. The van der Waals surface area contributed by atoms with E-state index in [1.807, 2.05) is 0 Å². The average Bonchev–Trinajstić information content (AvgIpc) is 3.09. The Morgan fingerprint density at radius 3 is 2.00 bits per heavy atom. The van der Waals surface area contributed by atoms with E-state index in [0.29, 0.717) is 0 Å². The summed E-state index contributed by atoms with van der Waals surface area (Å²) in [6.07, 6.45) is 13.6. The summed E-state index contributed by atoms with van der Waals surface area (Å²) in [5.74, 6) is 0. The van der Waals surface area contributed by atoms with E-state index in [1.165, 1.54) is 86.5 Å². The Kier molecular flexibility index (Phi) is 8.18. The smallest absolute Gasteiger partial charge is 0.407 e. The lowest BCUT2D eigenvalue weighted by atomic mass is 9.68. The van der Waals surface area contributed by atoms with E-state index in [-0.39, 0.29) is 12.5 Å². The maximum atomic E-state index is 6.35. The minimum absolute atomic E-state index is 0.0478. The van der Waals surface area contributed by atoms with Crippen molar-refractivity contribution in [1.29, 1.82) is 0 Å². The molecular weight excluding hydrogens is 390 g/mol. The van der Waals surface area contributed by atoms with Gasteiger partial charge < -0.3 is 9.31 Å². The molecule has 0 N–H and O–H groups in total. The first-order valence-electron chi connectivity index (χ1n) is 13.0. The summed E-state index contributed by atoms with van der Waals surface area (Å²) in [5.41, 5.74) is 7.76. The van der Waals surface area contributed by atoms with E-state index in [1.54, 1.807) is 0 Å². The molecule has 0 unspecified atom stereocenters. The minimum Gasteiger partial charge on any atom is -0.407 e. The number of hydrogen-bond donors (Lipinski definition) is 0. The van der Waals surface area contributed by atoms with Gasteiger partial charge in [0, 0.05) is 18.6 Å². The van der Waals surface area contributed by atoms with Crippen LogP contribution >= 0.6 is 0 Å². The molecule has 32 heavy (non-hydrogen) atoms. The monoisotopic (exact) mass is 428 g/mol. The second kappa shape index (κ2) is 11.1. The van der Waals surface area contributed by atoms with Gasteiger partial charge in [0.05, 0.1) is 0 Å². The lowest BCUT2D eigenvalue weighted by Gasteiger charge is -2.33. The van der Waals surface area contributed by atoms with Crippen LogP contribution in [0.15, 0.2) is 36.4 Å². The molecule has 0 bridgehead atoms. The minimum atomic E-state index is -0.235. The Labute approximate surface area is 197 Å². The number of unbranched alkanes of at least 4 members (excludes halogenated alkanes) is 6. The molecule has 1 heterocycles. The van der Waals surface area contributed by atoms with Gasteiger partial charge in [0.1, 0.15) is 7.85 Å². The molecule has 4 rings (SSSR count). The number of rotatable bonds is 11. The fraction of sp³-hybridized carbons (Fsp3) is 0.571. The van der Waals surface area contributed by atoms with Gasteiger partial charge in [0.25, 0.3) is 0 Å². The van der Waals surface area contributed by atoms with Crippen molar-refractivity contribution in [1.82, 2.24) is 0 Å². The summed E-state index contributed by atoms with van der Waals surface area (Å²) in [4.78, 5) is 0. The van der Waals surface area contributed by atoms with Gasteiger partial charge >= 0.3 is 7.12 Å². The van der Waals surface area contributed by atoms with Crippen LogP contribution in [-0.2, 0) is 14.7 Å². The third-order valence-corrected chi connectivity index (χ3v) is 7.42. The van der Waals surface area contributed by atoms with Crippen molar-refractivity contribution in [2.45, 2.75) is 89.9 Å². The maximum absolute atomic E-state index is 6.35. The second-order valence-corrected chi connectivity index (χ2v) is 9.74. The van der Waals surface area contributed by atoms with Gasteiger partial charge in [-0.15, -0.1) is 0 Å². The Hall–Kier alpha value is -1.51. The van der Waals surface area contributed by atoms with E-state index >= 15 is 0 Å². The topological polar surface area (TPSA) is 18.5 Å². The first-order chi connectivity index (χ1) is 15.7. The molecule has 0 atom stereocenters. The first-order valence-corrected chi connectivity index (χ1v) is 13.0. The number of benzene rings is 2. The molecule has 2 aliphatic rings. The highest BCUT2D eigenvalue weighted by Crippen LogP contribution is 2.53. The standard InChI is InChI=1S/C28H38B2O2/c1-3-5-7-9-16-28(17-10-8-6-4-2)26-20-22(29)12-14-24(26)25-15-13-23(21-27(25)28)30-31-18-11-19-32-30/h12-15,20-21H,3-11,16-19H2,1-2H3. The molecule has 2 aromatic carbocycles. The van der Waals surface area contributed by atoms with Crippen LogP contribution in [0.5, 0.6) is 0 Å². The van der Waals surface area contributed by atoms with Crippen LogP contribution in [0.1, 0.15) is 95.6 Å². The predicted octanol–water partition coefficient (Wildman–Crippen LogP) is 5.82. The summed E-state index contributed by atoms with van der Waals surface area (Å²) < 4.78 is 11.9. The van der Waals surface area contributed by atoms with Crippen molar-refractivity contribution < 1.29 is 9.31 Å². The van der Waals surface area contributed by atoms with Crippen LogP contribution in [0.4, 0.5) is 0 Å². The molecule has 0 amide bonds. The van der Waals surface area contributed by atoms with Gasteiger partial charge in [-0.05, 0) is 47.0 Å². The molecule has 1 saturated heterocycles. The quantitative estimate of drug-likeness (QED) is 0.332. The normalized spacial score (nSPS) is 16.8. The van der Waals surface area contributed by atoms with Crippen LogP contribution in [0.3, 0.4) is 0 Å². The fourth-order valence-electron chi connectivity index (χ4n) is 5.73. The lowest BCUT2D eigenvalue weighted by Crippen LogP contribution is -2.41. The van der Waals surface area contributed by atoms with Crippen molar-refractivity contribution in [3.8, 4) is 11.1 Å². The molecule has 2 nitrogen and oxygen atoms in total. The third-order valence-electron chi connectivity index (χ3n) is 7.42. The van der Waals surface area contributed by atoms with E-state index in [0.717, 1.165) is 30.6 Å². The van der Waals surface area contributed by atoms with Gasteiger partial charge in [-0.25, -0.2) is 0 Å². The average molecular weight is 428 g/mol. The zero-order valence-electron chi connectivity index (χ0n) is 20.1. The molecular formula is C28H38B2O2. The van der Waals surface area contributed by atoms with Crippen LogP contribution in [0.2, 0.25) is 0 Å². The zero-order chi connectivity index (χ0) is 22.4. The molecule has 2 aromatic rings. The van der Waals surface area contributed by atoms with Crippen LogP contribution in [-0.4, -0.2) is 28.2 Å². The Bertz CT molecular complexity index is 877. The molecule has 0 saturated carbocycles. The summed E-state index contributed by atoms with van der Waals surface area (Å²) >= 11 is 0. The largest absolute Gasteiger partial charge is 0.493 e. The molecule has 0 spiro atoms. The highest BCUT2D eigenvalue weighted by atomic mass is 16.6. The number of fused-ring (bicyclic) bond motifs is 3. The lowest BCUT2D eigenvalue weighted by molar-refractivity contribution is 0.143. The van der Waals surface area contributed by atoms with Crippen LogP contribution in [0, 0.1) is 0 Å². The van der Waals surface area contributed by atoms with Gasteiger partial charge in [0.15, 0.2) is 0 Å². The summed E-state index contributed by atoms with van der Waals surface area (Å²) in [5, 5.41) is 0. The molecule has 1 fully saturated rings. The van der Waals surface area contributed by atoms with Gasteiger partial charge in [-0.1, -0.05) is 107 Å². The van der Waals surface area contributed by atoms with E-state index in [9.17, 15) is 0 Å². The summed E-state index contributed by atoms with van der Waals surface area (Å²) in [6.45, 7) is 6.13. The van der Waals surface area contributed by atoms with Crippen LogP contribution in [0.25, 0.3) is 11.1 Å². The highest BCUT2D eigenvalue weighted by molar-refractivity contribution is 6.61. The maximum Gasteiger partial charge on any atom is 0.493 e. The van der Waals surface area contributed by atoms with Gasteiger partial charge in [-0.3, -0.25) is 0 Å². The SMILES string of the molecule is [B]c1ccc2c(c1)C(CCCCCC)(CCCCCC)c1cc(B3OCCCO3)ccc1-2. The van der Waals surface area contributed by atoms with Crippen molar-refractivity contribution in [2.75, 3.05) is 13.2 Å². The highest BCUT2D eigenvalue weighted by Gasteiger charge is 2.43. The van der Waals surface area contributed by atoms with E-state index in [4.69, 9.17) is 17.2 Å². The zero-order valence-corrected chi connectivity index (χ0v) is 20.1. The van der Waals surface area contributed by atoms with Crippen molar-refractivity contribution in [3.63, 3.8) is 0 Å². The number of hydrogen-bond acceptors (Lipinski definition) is 2. The van der Waals surface area contributed by atoms with Crippen molar-refractivity contribution in [3.05, 3.63) is 47.5 Å². The van der Waals surface area contributed by atoms with E-state index < -0.39 is 0 Å². The summed E-state index contributed by atoms with van der Waals surface area (Å²) in [6, 6.07) is 13.5. The van der Waals surface area contributed by atoms with E-state index in [2.05, 4.69) is 50.2 Å². The molecule has 4 heteroatoms. The summed E-state index contributed by atoms with van der Waals surface area (Å²) in [7, 11) is 6.11.